The molecule has 0 radical (unpaired) electrons. The van der Waals surface area contributed by atoms with Gasteiger partial charge < -0.3 is 16.4 Å². The van der Waals surface area contributed by atoms with Gasteiger partial charge in [0.05, 0.1) is 6.04 Å². The van der Waals surface area contributed by atoms with Crippen molar-refractivity contribution in [3.05, 3.63) is 71.3 Å². The molecule has 6 nitrogen and oxygen atoms in total. The lowest BCUT2D eigenvalue weighted by atomic mass is 10.1. The molecule has 0 saturated carbocycles. The van der Waals surface area contributed by atoms with Gasteiger partial charge in [-0.25, -0.2) is 0 Å². The molecule has 0 saturated heterocycles. The minimum absolute atomic E-state index is 0.119. The van der Waals surface area contributed by atoms with Crippen LogP contribution >= 0.6 is 0 Å². The molecule has 0 fully saturated rings. The molecule has 0 aliphatic heterocycles. The summed E-state index contributed by atoms with van der Waals surface area (Å²) in [6.07, 6.45) is 1.79. The second-order valence-corrected chi connectivity index (χ2v) is 6.52. The molecule has 1 heterocycles. The molecule has 140 valence electrons. The van der Waals surface area contributed by atoms with Gasteiger partial charge in [-0.05, 0) is 30.9 Å². The highest BCUT2D eigenvalue weighted by atomic mass is 15.2. The molecule has 0 amide bonds. The Balaban J connectivity index is 1.64. The summed E-state index contributed by atoms with van der Waals surface area (Å²) in [6, 6.07) is 18.9. The van der Waals surface area contributed by atoms with Crippen LogP contribution in [0.2, 0.25) is 0 Å². The van der Waals surface area contributed by atoms with E-state index in [9.17, 15) is 0 Å². The highest BCUT2D eigenvalue weighted by molar-refractivity contribution is 5.42. The summed E-state index contributed by atoms with van der Waals surface area (Å²) in [5.41, 5.74) is 9.59. The van der Waals surface area contributed by atoms with E-state index in [4.69, 9.17) is 5.73 Å². The van der Waals surface area contributed by atoms with Gasteiger partial charge in [-0.3, -0.25) is 0 Å². The number of aryl methyl sites for hydroxylation is 1. The fourth-order valence-electron chi connectivity index (χ4n) is 2.87. The Morgan fingerprint density at radius 2 is 1.63 bits per heavy atom. The molecule has 0 spiro atoms. The van der Waals surface area contributed by atoms with Crippen LogP contribution in [0.5, 0.6) is 0 Å². The lowest BCUT2D eigenvalue weighted by Gasteiger charge is -2.18. The molecule has 27 heavy (non-hydrogen) atoms. The van der Waals surface area contributed by atoms with Crippen LogP contribution in [0.25, 0.3) is 0 Å². The lowest BCUT2D eigenvalue weighted by molar-refractivity contribution is 0.737. The van der Waals surface area contributed by atoms with Crippen molar-refractivity contribution in [3.63, 3.8) is 0 Å². The van der Waals surface area contributed by atoms with Gasteiger partial charge in [0.1, 0.15) is 0 Å². The van der Waals surface area contributed by atoms with E-state index in [1.165, 1.54) is 16.7 Å². The van der Waals surface area contributed by atoms with Crippen LogP contribution in [0.1, 0.15) is 36.1 Å². The molecular weight excluding hydrogens is 336 g/mol. The molecule has 6 heteroatoms. The average Bonchev–Trinajstić information content (AvgIpc) is 2.68. The summed E-state index contributed by atoms with van der Waals surface area (Å²) in [7, 11) is 0. The van der Waals surface area contributed by atoms with E-state index in [1.54, 1.807) is 0 Å². The van der Waals surface area contributed by atoms with E-state index in [2.05, 4.69) is 75.8 Å². The maximum absolute atomic E-state index is 5.87. The van der Waals surface area contributed by atoms with E-state index >= 15 is 0 Å². The fraction of sp³-hybridized carbons (Fsp3) is 0.286. The van der Waals surface area contributed by atoms with Gasteiger partial charge in [-0.2, -0.15) is 15.0 Å². The molecule has 2 aromatic carbocycles. The third kappa shape index (κ3) is 5.41. The van der Waals surface area contributed by atoms with Crippen LogP contribution in [0, 0.1) is 6.92 Å². The molecular formula is C21H26N6. The predicted octanol–water partition coefficient (Wildman–Crippen LogP) is 3.98. The van der Waals surface area contributed by atoms with Crippen molar-refractivity contribution in [3.8, 4) is 0 Å². The van der Waals surface area contributed by atoms with Gasteiger partial charge in [0, 0.05) is 6.54 Å². The third-order valence-corrected chi connectivity index (χ3v) is 4.38. The Hall–Kier alpha value is -3.15. The van der Waals surface area contributed by atoms with Crippen LogP contribution in [0.4, 0.5) is 17.8 Å². The van der Waals surface area contributed by atoms with Gasteiger partial charge in [-0.1, -0.05) is 67.1 Å². The topological polar surface area (TPSA) is 88.8 Å². The number of benzene rings is 2. The average molecular weight is 362 g/mol. The Bertz CT molecular complexity index is 848. The maximum atomic E-state index is 5.87. The standard InChI is InChI=1S/C21H26N6/c1-3-18(17-7-5-4-6-8-17)24-21-26-19(22)25-20(27-21)23-14-13-16-11-9-15(2)10-12-16/h4-12,18H,3,13-14H2,1-2H3,(H4,22,23,24,25,26,27)/t18-/m0/s1. The van der Waals surface area contributed by atoms with Gasteiger partial charge in [0.2, 0.25) is 17.8 Å². The number of hydrogen-bond donors (Lipinski definition) is 3. The molecule has 0 aliphatic rings. The van der Waals surface area contributed by atoms with Crippen LogP contribution in [0.3, 0.4) is 0 Å². The molecule has 4 N–H and O–H groups in total. The number of rotatable bonds is 8. The first-order valence-corrected chi connectivity index (χ1v) is 9.26. The summed E-state index contributed by atoms with van der Waals surface area (Å²) in [5.74, 6) is 1.17. The smallest absolute Gasteiger partial charge is 0.229 e. The zero-order chi connectivity index (χ0) is 19.1. The molecule has 1 aromatic heterocycles. The Kier molecular flexibility index (Phi) is 6.20. The highest BCUT2D eigenvalue weighted by Crippen LogP contribution is 2.21. The summed E-state index contributed by atoms with van der Waals surface area (Å²) < 4.78 is 0. The van der Waals surface area contributed by atoms with E-state index in [0.29, 0.717) is 11.9 Å². The summed E-state index contributed by atoms with van der Waals surface area (Å²) in [6.45, 7) is 4.93. The first kappa shape index (κ1) is 18.6. The molecule has 1 atom stereocenters. The largest absolute Gasteiger partial charge is 0.368 e. The van der Waals surface area contributed by atoms with Crippen molar-refractivity contribution in [2.75, 3.05) is 22.9 Å². The summed E-state index contributed by atoms with van der Waals surface area (Å²) in [4.78, 5) is 12.9. The van der Waals surface area contributed by atoms with Crippen LogP contribution in [-0.2, 0) is 6.42 Å². The third-order valence-electron chi connectivity index (χ3n) is 4.38. The Morgan fingerprint density at radius 3 is 2.33 bits per heavy atom. The zero-order valence-corrected chi connectivity index (χ0v) is 15.8. The predicted molar refractivity (Wildman–Crippen MR) is 111 cm³/mol. The first-order valence-electron chi connectivity index (χ1n) is 9.26. The highest BCUT2D eigenvalue weighted by Gasteiger charge is 2.12. The summed E-state index contributed by atoms with van der Waals surface area (Å²) >= 11 is 0. The first-order chi connectivity index (χ1) is 13.1. The number of aromatic nitrogens is 3. The van der Waals surface area contributed by atoms with Crippen molar-refractivity contribution in [1.82, 2.24) is 15.0 Å². The Labute approximate surface area is 160 Å². The number of anilines is 3. The summed E-state index contributed by atoms with van der Waals surface area (Å²) in [5, 5.41) is 6.60. The van der Waals surface area contributed by atoms with Crippen molar-refractivity contribution in [2.45, 2.75) is 32.7 Å². The number of nitrogen functional groups attached to an aromatic ring is 1. The Morgan fingerprint density at radius 1 is 0.926 bits per heavy atom. The fourth-order valence-corrected chi connectivity index (χ4v) is 2.87. The lowest BCUT2D eigenvalue weighted by Crippen LogP contribution is -2.16. The molecule has 0 bridgehead atoms. The number of nitrogens with one attached hydrogen (secondary N) is 2. The molecule has 3 aromatic rings. The van der Waals surface area contributed by atoms with E-state index in [1.807, 2.05) is 18.2 Å². The van der Waals surface area contributed by atoms with E-state index in [0.717, 1.165) is 19.4 Å². The van der Waals surface area contributed by atoms with Gasteiger partial charge in [0.25, 0.3) is 0 Å². The van der Waals surface area contributed by atoms with Gasteiger partial charge in [0.15, 0.2) is 0 Å². The quantitative estimate of drug-likeness (QED) is 0.562. The molecule has 0 unspecified atom stereocenters. The van der Waals surface area contributed by atoms with Gasteiger partial charge >= 0.3 is 0 Å². The number of nitrogens with zero attached hydrogens (tertiary/aromatic N) is 3. The van der Waals surface area contributed by atoms with Gasteiger partial charge in [-0.15, -0.1) is 0 Å². The van der Waals surface area contributed by atoms with Crippen molar-refractivity contribution in [2.24, 2.45) is 0 Å². The minimum Gasteiger partial charge on any atom is -0.368 e. The second-order valence-electron chi connectivity index (χ2n) is 6.52. The van der Waals surface area contributed by atoms with E-state index in [-0.39, 0.29) is 12.0 Å². The van der Waals surface area contributed by atoms with Crippen LogP contribution in [0.15, 0.2) is 54.6 Å². The zero-order valence-electron chi connectivity index (χ0n) is 15.8. The van der Waals surface area contributed by atoms with Crippen molar-refractivity contribution >= 4 is 17.8 Å². The minimum atomic E-state index is 0.119. The monoisotopic (exact) mass is 362 g/mol. The normalized spacial score (nSPS) is 11.8. The van der Waals surface area contributed by atoms with Crippen LogP contribution in [-0.4, -0.2) is 21.5 Å². The molecule has 3 rings (SSSR count). The number of nitrogens with two attached hydrogens (primary N) is 1. The van der Waals surface area contributed by atoms with Crippen molar-refractivity contribution in [1.29, 1.82) is 0 Å². The van der Waals surface area contributed by atoms with Crippen LogP contribution < -0.4 is 16.4 Å². The SMILES string of the molecule is CC[C@H](Nc1nc(N)nc(NCCc2ccc(C)cc2)n1)c1ccccc1. The van der Waals surface area contributed by atoms with E-state index < -0.39 is 0 Å². The second kappa shape index (κ2) is 8.98. The molecule has 0 aliphatic carbocycles. The number of hydrogen-bond acceptors (Lipinski definition) is 6. The van der Waals surface area contributed by atoms with Crippen molar-refractivity contribution < 1.29 is 0 Å². The maximum Gasteiger partial charge on any atom is 0.229 e.